The molecule has 0 aliphatic rings. The van der Waals surface area contributed by atoms with Crippen LogP contribution >= 0.6 is 12.6 Å². The van der Waals surface area contributed by atoms with Gasteiger partial charge in [0.05, 0.1) is 19.8 Å². The third kappa shape index (κ3) is 3.91. The minimum Gasteiger partial charge on any atom is -0.497 e. The summed E-state index contributed by atoms with van der Waals surface area (Å²) in [6, 6.07) is 6.70. The standard InChI is InChI=1S/C20H20O5S/c1-11-9-13(19(25-4)12(2)18(11)20(22)23)5-8-16(21)15-7-6-14(24-3)10-17(15)26/h5-10,26H,1-4H3,(H,22,23). The van der Waals surface area contributed by atoms with Gasteiger partial charge in [-0.1, -0.05) is 0 Å². The summed E-state index contributed by atoms with van der Waals surface area (Å²) in [5.74, 6) is -0.189. The molecule has 2 rings (SSSR count). The molecular weight excluding hydrogens is 352 g/mol. The Morgan fingerprint density at radius 3 is 2.35 bits per heavy atom. The van der Waals surface area contributed by atoms with Gasteiger partial charge in [-0.3, -0.25) is 4.79 Å². The summed E-state index contributed by atoms with van der Waals surface area (Å²) in [7, 11) is 3.01. The number of carbonyl (C=O) groups is 2. The number of carboxylic acid groups (broad SMARTS) is 1. The van der Waals surface area contributed by atoms with E-state index in [-0.39, 0.29) is 11.3 Å². The highest BCUT2D eigenvalue weighted by Crippen LogP contribution is 2.31. The van der Waals surface area contributed by atoms with Crippen molar-refractivity contribution >= 4 is 30.5 Å². The maximum absolute atomic E-state index is 12.5. The molecule has 0 aliphatic carbocycles. The number of ketones is 1. The fourth-order valence-corrected chi connectivity index (χ4v) is 3.13. The number of aryl methyl sites for hydroxylation is 1. The molecular formula is C20H20O5S. The zero-order valence-electron chi connectivity index (χ0n) is 15.0. The number of carboxylic acids is 1. The molecule has 0 saturated heterocycles. The van der Waals surface area contributed by atoms with Gasteiger partial charge in [0.2, 0.25) is 0 Å². The van der Waals surface area contributed by atoms with Crippen LogP contribution in [0.1, 0.15) is 37.4 Å². The van der Waals surface area contributed by atoms with Gasteiger partial charge < -0.3 is 14.6 Å². The Labute approximate surface area is 157 Å². The van der Waals surface area contributed by atoms with E-state index in [2.05, 4.69) is 12.6 Å². The fourth-order valence-electron chi connectivity index (χ4n) is 2.82. The molecule has 1 N–H and O–H groups in total. The van der Waals surface area contributed by atoms with Crippen LogP contribution in [0.4, 0.5) is 0 Å². The summed E-state index contributed by atoms with van der Waals surface area (Å²) < 4.78 is 10.5. The van der Waals surface area contributed by atoms with Gasteiger partial charge in [-0.05, 0) is 55.8 Å². The van der Waals surface area contributed by atoms with Gasteiger partial charge in [-0.2, -0.15) is 0 Å². The largest absolute Gasteiger partial charge is 0.497 e. The van der Waals surface area contributed by atoms with E-state index in [1.807, 2.05) is 0 Å². The zero-order valence-corrected chi connectivity index (χ0v) is 15.9. The summed E-state index contributed by atoms with van der Waals surface area (Å²) in [6.07, 6.45) is 3.03. The summed E-state index contributed by atoms with van der Waals surface area (Å²) in [6.45, 7) is 3.40. The Morgan fingerprint density at radius 2 is 1.81 bits per heavy atom. The van der Waals surface area contributed by atoms with Crippen LogP contribution in [-0.2, 0) is 0 Å². The minimum absolute atomic E-state index is 0.207. The van der Waals surface area contributed by atoms with E-state index in [0.717, 1.165) is 0 Å². The molecule has 0 radical (unpaired) electrons. The second-order valence-electron chi connectivity index (χ2n) is 5.70. The summed E-state index contributed by atoms with van der Waals surface area (Å²) in [4.78, 5) is 24.4. The smallest absolute Gasteiger partial charge is 0.336 e. The quantitative estimate of drug-likeness (QED) is 0.452. The highest BCUT2D eigenvalue weighted by atomic mass is 32.1. The third-order valence-electron chi connectivity index (χ3n) is 4.05. The lowest BCUT2D eigenvalue weighted by molar-refractivity contribution is 0.0694. The topological polar surface area (TPSA) is 72.8 Å². The number of hydrogen-bond donors (Lipinski definition) is 2. The lowest BCUT2D eigenvalue weighted by Crippen LogP contribution is -2.06. The Morgan fingerprint density at radius 1 is 1.12 bits per heavy atom. The molecule has 0 bridgehead atoms. The molecule has 0 atom stereocenters. The third-order valence-corrected chi connectivity index (χ3v) is 4.42. The molecule has 0 aromatic heterocycles. The Balaban J connectivity index is 2.41. The van der Waals surface area contributed by atoms with E-state index in [4.69, 9.17) is 9.47 Å². The Kier molecular flexibility index (Phi) is 6.10. The van der Waals surface area contributed by atoms with Crippen LogP contribution in [0, 0.1) is 13.8 Å². The highest BCUT2D eigenvalue weighted by Gasteiger charge is 2.17. The van der Waals surface area contributed by atoms with Crippen molar-refractivity contribution in [3.63, 3.8) is 0 Å². The maximum atomic E-state index is 12.5. The number of aromatic carboxylic acids is 1. The first-order valence-corrected chi connectivity index (χ1v) is 8.25. The predicted molar refractivity (Wildman–Crippen MR) is 103 cm³/mol. The monoisotopic (exact) mass is 372 g/mol. The van der Waals surface area contributed by atoms with E-state index in [1.165, 1.54) is 13.2 Å². The maximum Gasteiger partial charge on any atom is 0.336 e. The average Bonchev–Trinajstić information content (AvgIpc) is 2.58. The molecule has 6 heteroatoms. The van der Waals surface area contributed by atoms with Crippen molar-refractivity contribution in [2.45, 2.75) is 18.7 Å². The molecule has 0 fully saturated rings. The normalized spacial score (nSPS) is 10.8. The number of carbonyl (C=O) groups excluding carboxylic acids is 1. The number of thiol groups is 1. The first kappa shape index (κ1) is 19.6. The van der Waals surface area contributed by atoms with Gasteiger partial charge in [0, 0.05) is 21.6 Å². The second-order valence-corrected chi connectivity index (χ2v) is 6.18. The van der Waals surface area contributed by atoms with Gasteiger partial charge >= 0.3 is 5.97 Å². The van der Waals surface area contributed by atoms with Crippen LogP contribution in [-0.4, -0.2) is 31.1 Å². The van der Waals surface area contributed by atoms with E-state index >= 15 is 0 Å². The van der Waals surface area contributed by atoms with Gasteiger partial charge in [0.15, 0.2) is 5.78 Å². The molecule has 0 amide bonds. The van der Waals surface area contributed by atoms with Gasteiger partial charge in [0.25, 0.3) is 0 Å². The lowest BCUT2D eigenvalue weighted by atomic mass is 9.97. The van der Waals surface area contributed by atoms with E-state index in [9.17, 15) is 14.7 Å². The van der Waals surface area contributed by atoms with Crippen LogP contribution in [0.15, 0.2) is 35.2 Å². The number of methoxy groups -OCH3 is 2. The molecule has 0 spiro atoms. The lowest BCUT2D eigenvalue weighted by Gasteiger charge is -2.14. The number of allylic oxidation sites excluding steroid dienone is 1. The van der Waals surface area contributed by atoms with Crippen molar-refractivity contribution in [1.82, 2.24) is 0 Å². The van der Waals surface area contributed by atoms with E-state index < -0.39 is 5.97 Å². The molecule has 0 aliphatic heterocycles. The second kappa shape index (κ2) is 8.10. The van der Waals surface area contributed by atoms with Crippen LogP contribution in [0.25, 0.3) is 6.08 Å². The summed E-state index contributed by atoms with van der Waals surface area (Å²) in [5.41, 5.74) is 2.40. The number of hydrogen-bond acceptors (Lipinski definition) is 5. The van der Waals surface area contributed by atoms with Gasteiger partial charge in [0.1, 0.15) is 11.5 Å². The summed E-state index contributed by atoms with van der Waals surface area (Å²) >= 11 is 4.32. The van der Waals surface area contributed by atoms with Crippen LogP contribution < -0.4 is 9.47 Å². The SMILES string of the molecule is COc1ccc(C(=O)C=Cc2cc(C)c(C(=O)O)c(C)c2OC)c(S)c1. The highest BCUT2D eigenvalue weighted by molar-refractivity contribution is 7.80. The van der Waals surface area contributed by atoms with Crippen molar-refractivity contribution in [3.05, 3.63) is 58.2 Å². The molecule has 5 nitrogen and oxygen atoms in total. The first-order chi connectivity index (χ1) is 12.3. The molecule has 136 valence electrons. The number of rotatable bonds is 6. The Hall–Kier alpha value is -2.73. The fraction of sp³-hybridized carbons (Fsp3) is 0.200. The van der Waals surface area contributed by atoms with Gasteiger partial charge in [-0.15, -0.1) is 12.6 Å². The molecule has 2 aromatic rings. The minimum atomic E-state index is -1.01. The summed E-state index contributed by atoms with van der Waals surface area (Å²) in [5, 5.41) is 9.35. The molecule has 2 aromatic carbocycles. The van der Waals surface area contributed by atoms with Crippen molar-refractivity contribution in [3.8, 4) is 11.5 Å². The van der Waals surface area contributed by atoms with Gasteiger partial charge in [-0.25, -0.2) is 4.79 Å². The van der Waals surface area contributed by atoms with E-state index in [0.29, 0.717) is 38.6 Å². The predicted octanol–water partition coefficient (Wildman–Crippen LogP) is 4.20. The first-order valence-electron chi connectivity index (χ1n) is 7.81. The molecule has 0 unspecified atom stereocenters. The zero-order chi connectivity index (χ0) is 19.4. The van der Waals surface area contributed by atoms with Crippen molar-refractivity contribution in [2.24, 2.45) is 0 Å². The van der Waals surface area contributed by atoms with Crippen molar-refractivity contribution < 1.29 is 24.2 Å². The Bertz CT molecular complexity index is 900. The molecule has 0 saturated carbocycles. The average molecular weight is 372 g/mol. The van der Waals surface area contributed by atoms with Crippen LogP contribution in [0.3, 0.4) is 0 Å². The van der Waals surface area contributed by atoms with Crippen molar-refractivity contribution in [2.75, 3.05) is 14.2 Å². The molecule has 0 heterocycles. The van der Waals surface area contributed by atoms with Crippen LogP contribution in [0.2, 0.25) is 0 Å². The number of benzene rings is 2. The molecule has 26 heavy (non-hydrogen) atoms. The number of ether oxygens (including phenoxy) is 2. The van der Waals surface area contributed by atoms with Crippen LogP contribution in [0.5, 0.6) is 11.5 Å². The van der Waals surface area contributed by atoms with Crippen molar-refractivity contribution in [1.29, 1.82) is 0 Å². The van der Waals surface area contributed by atoms with E-state index in [1.54, 1.807) is 51.3 Å².